The summed E-state index contributed by atoms with van der Waals surface area (Å²) in [4.78, 5) is 4.07. The van der Waals surface area contributed by atoms with Gasteiger partial charge in [-0.25, -0.2) is 4.98 Å². The fourth-order valence-electron chi connectivity index (χ4n) is 0.916. The van der Waals surface area contributed by atoms with Gasteiger partial charge in [0.2, 0.25) is 5.88 Å². The smallest absolute Gasteiger partial charge is 0.481 e. The van der Waals surface area contributed by atoms with Crippen LogP contribution >= 0.6 is 0 Å². The minimum absolute atomic E-state index is 0. The topological polar surface area (TPSA) is 62.6 Å². The number of rotatable bonds is 1. The molecule has 13 heavy (non-hydrogen) atoms. The quantitative estimate of drug-likeness (QED) is 0.609. The molecule has 0 spiro atoms. The highest BCUT2D eigenvalue weighted by Gasteiger charge is 1.96. The van der Waals surface area contributed by atoms with Gasteiger partial charge in [-0.05, 0) is 25.5 Å². The molecule has 2 N–H and O–H groups in total. The van der Waals surface area contributed by atoms with Crippen LogP contribution in [0.5, 0.6) is 5.88 Å². The predicted octanol–water partition coefficient (Wildman–Crippen LogP) is 0.212. The van der Waals surface area contributed by atoms with E-state index in [0.717, 1.165) is 5.56 Å². The number of pyridine rings is 1. The van der Waals surface area contributed by atoms with E-state index in [1.165, 1.54) is 5.56 Å². The monoisotopic (exact) mass is 182 g/mol. The normalized spacial score (nSPS) is 8.38. The molecule has 0 unspecified atom stereocenters. The summed E-state index contributed by atoms with van der Waals surface area (Å²) in [5.74, 6) is 0.714. The maximum Gasteiger partial charge on any atom is 0.482 e. The standard InChI is InChI=1S/C8H11NO.BH2O2/c1-6-4-7(2)8(10-3)9-5-6;2-1-3/h4-5H,1-3H3;2-3H. The number of hydrogen-bond acceptors (Lipinski definition) is 4. The van der Waals surface area contributed by atoms with Gasteiger partial charge >= 0.3 is 7.69 Å². The summed E-state index contributed by atoms with van der Waals surface area (Å²) >= 11 is 0. The van der Waals surface area contributed by atoms with Crippen LogP contribution in [-0.2, 0) is 0 Å². The van der Waals surface area contributed by atoms with Crippen LogP contribution in [-0.4, -0.2) is 29.8 Å². The second-order valence-corrected chi connectivity index (χ2v) is 2.45. The molecule has 0 aliphatic rings. The molecule has 0 amide bonds. The van der Waals surface area contributed by atoms with Crippen LogP contribution < -0.4 is 4.74 Å². The summed E-state index contributed by atoms with van der Waals surface area (Å²) in [5.41, 5.74) is 2.25. The fraction of sp³-hybridized carbons (Fsp3) is 0.375. The van der Waals surface area contributed by atoms with Crippen LogP contribution in [0.3, 0.4) is 0 Å². The summed E-state index contributed by atoms with van der Waals surface area (Å²) < 4.78 is 4.99. The van der Waals surface area contributed by atoms with Gasteiger partial charge in [-0.2, -0.15) is 0 Å². The van der Waals surface area contributed by atoms with Gasteiger partial charge in [-0.3, -0.25) is 0 Å². The Balaban J connectivity index is 0.000000424. The van der Waals surface area contributed by atoms with Crippen LogP contribution in [0.15, 0.2) is 12.3 Å². The van der Waals surface area contributed by atoms with Crippen LogP contribution in [0, 0.1) is 13.8 Å². The van der Waals surface area contributed by atoms with Crippen molar-refractivity contribution in [3.05, 3.63) is 23.4 Å². The van der Waals surface area contributed by atoms with Crippen LogP contribution in [0.1, 0.15) is 11.1 Å². The molecule has 0 saturated heterocycles. The van der Waals surface area contributed by atoms with E-state index >= 15 is 0 Å². The molecule has 71 valence electrons. The first-order chi connectivity index (χ1) is 6.15. The van der Waals surface area contributed by atoms with Gasteiger partial charge in [0.25, 0.3) is 0 Å². The Labute approximate surface area is 78.5 Å². The number of methoxy groups -OCH3 is 1. The number of aryl methyl sites for hydroxylation is 2. The second kappa shape index (κ2) is 6.45. The zero-order chi connectivity index (χ0) is 10.3. The lowest BCUT2D eigenvalue weighted by Crippen LogP contribution is -1.90. The summed E-state index contributed by atoms with van der Waals surface area (Å²) in [6.45, 7) is 4.00. The molecule has 0 aliphatic heterocycles. The minimum Gasteiger partial charge on any atom is -0.481 e. The molecule has 0 aromatic carbocycles. The van der Waals surface area contributed by atoms with E-state index in [-0.39, 0.29) is 7.69 Å². The Morgan fingerprint density at radius 1 is 1.38 bits per heavy atom. The second-order valence-electron chi connectivity index (χ2n) is 2.45. The Kier molecular flexibility index (Phi) is 5.92. The number of nitrogens with zero attached hydrogens (tertiary/aromatic N) is 1. The molecule has 1 radical (unpaired) electrons. The van der Waals surface area contributed by atoms with Crippen molar-refractivity contribution in [2.45, 2.75) is 13.8 Å². The maximum absolute atomic E-state index is 7.00. The van der Waals surface area contributed by atoms with Crippen molar-refractivity contribution < 1.29 is 14.8 Å². The molecule has 1 aromatic rings. The lowest BCUT2D eigenvalue weighted by atomic mass is 10.2. The molecule has 5 heteroatoms. The molecule has 1 rings (SSSR count). The zero-order valence-corrected chi connectivity index (χ0v) is 7.98. The first kappa shape index (κ1) is 11.9. The Bertz CT molecular complexity index is 255. The molecular formula is C8H13BNO3. The van der Waals surface area contributed by atoms with Crippen molar-refractivity contribution in [1.82, 2.24) is 4.98 Å². The largest absolute Gasteiger partial charge is 0.482 e. The molecule has 4 nitrogen and oxygen atoms in total. The van der Waals surface area contributed by atoms with Crippen molar-refractivity contribution >= 4 is 7.69 Å². The van der Waals surface area contributed by atoms with E-state index in [4.69, 9.17) is 14.8 Å². The highest BCUT2D eigenvalue weighted by atomic mass is 16.5. The summed E-state index contributed by atoms with van der Waals surface area (Å²) in [6.07, 6.45) is 1.80. The lowest BCUT2D eigenvalue weighted by Gasteiger charge is -2.01. The third-order valence-electron chi connectivity index (χ3n) is 1.36. The lowest BCUT2D eigenvalue weighted by molar-refractivity contribution is 0.394. The first-order valence-corrected chi connectivity index (χ1v) is 3.73. The average Bonchev–Trinajstić information content (AvgIpc) is 2.06. The number of aromatic nitrogens is 1. The average molecular weight is 182 g/mol. The van der Waals surface area contributed by atoms with Crippen molar-refractivity contribution in [1.29, 1.82) is 0 Å². The molecule has 0 bridgehead atoms. The molecular weight excluding hydrogens is 169 g/mol. The fourth-order valence-corrected chi connectivity index (χ4v) is 0.916. The molecule has 0 saturated carbocycles. The zero-order valence-electron chi connectivity index (χ0n) is 7.98. The van der Waals surface area contributed by atoms with Gasteiger partial charge in [-0.15, -0.1) is 0 Å². The molecule has 1 heterocycles. The van der Waals surface area contributed by atoms with E-state index in [9.17, 15) is 0 Å². The summed E-state index contributed by atoms with van der Waals surface area (Å²) in [6, 6.07) is 2.05. The highest BCUT2D eigenvalue weighted by Crippen LogP contribution is 2.13. The van der Waals surface area contributed by atoms with Gasteiger partial charge < -0.3 is 14.8 Å². The van der Waals surface area contributed by atoms with Crippen molar-refractivity contribution in [2.75, 3.05) is 7.11 Å². The predicted molar refractivity (Wildman–Crippen MR) is 50.5 cm³/mol. The van der Waals surface area contributed by atoms with E-state index in [2.05, 4.69) is 4.98 Å². The van der Waals surface area contributed by atoms with E-state index in [0.29, 0.717) is 5.88 Å². The van der Waals surface area contributed by atoms with Crippen molar-refractivity contribution in [3.63, 3.8) is 0 Å². The van der Waals surface area contributed by atoms with Crippen LogP contribution in [0.2, 0.25) is 0 Å². The van der Waals surface area contributed by atoms with Crippen molar-refractivity contribution in [2.24, 2.45) is 0 Å². The molecule has 0 aliphatic carbocycles. The van der Waals surface area contributed by atoms with E-state index < -0.39 is 0 Å². The SMILES string of the molecule is COc1ncc(C)cc1C.O[B]O. The van der Waals surface area contributed by atoms with Gasteiger partial charge in [-0.1, -0.05) is 0 Å². The molecule has 0 fully saturated rings. The van der Waals surface area contributed by atoms with E-state index in [1.54, 1.807) is 13.3 Å². The van der Waals surface area contributed by atoms with E-state index in [1.807, 2.05) is 19.9 Å². The first-order valence-electron chi connectivity index (χ1n) is 3.73. The molecule has 1 aromatic heterocycles. The van der Waals surface area contributed by atoms with Gasteiger partial charge in [0.05, 0.1) is 7.11 Å². The highest BCUT2D eigenvalue weighted by molar-refractivity contribution is 6.13. The Morgan fingerprint density at radius 2 is 1.92 bits per heavy atom. The van der Waals surface area contributed by atoms with Crippen molar-refractivity contribution in [3.8, 4) is 5.88 Å². The van der Waals surface area contributed by atoms with Crippen LogP contribution in [0.25, 0.3) is 0 Å². The molecule has 0 atom stereocenters. The van der Waals surface area contributed by atoms with Gasteiger partial charge in [0.15, 0.2) is 0 Å². The van der Waals surface area contributed by atoms with Gasteiger partial charge in [0.1, 0.15) is 0 Å². The minimum atomic E-state index is 0. The Hall–Kier alpha value is -1.07. The van der Waals surface area contributed by atoms with Crippen LogP contribution in [0.4, 0.5) is 0 Å². The maximum atomic E-state index is 7.00. The third kappa shape index (κ3) is 4.50. The Morgan fingerprint density at radius 3 is 2.31 bits per heavy atom. The number of ether oxygens (including phenoxy) is 1. The van der Waals surface area contributed by atoms with Gasteiger partial charge in [0, 0.05) is 11.8 Å². The number of hydrogen-bond donors (Lipinski definition) is 2. The summed E-state index contributed by atoms with van der Waals surface area (Å²) in [5, 5.41) is 14.0. The summed E-state index contributed by atoms with van der Waals surface area (Å²) in [7, 11) is 1.63. The third-order valence-corrected chi connectivity index (χ3v) is 1.36.